The molecule has 1 fully saturated rings. The molecule has 0 saturated carbocycles. The summed E-state index contributed by atoms with van der Waals surface area (Å²) in [5.74, 6) is -2.70. The van der Waals surface area contributed by atoms with Crippen LogP contribution in [-0.4, -0.2) is 161 Å². The van der Waals surface area contributed by atoms with Crippen molar-refractivity contribution in [3.05, 3.63) is 35.9 Å². The predicted octanol–water partition coefficient (Wildman–Crippen LogP) is 3.93. The van der Waals surface area contributed by atoms with E-state index in [4.69, 9.17) is 29.4 Å². The van der Waals surface area contributed by atoms with E-state index in [0.29, 0.717) is 52.5 Å². The number of ether oxygens (including phenoxy) is 5. The van der Waals surface area contributed by atoms with Crippen LogP contribution >= 0.6 is 0 Å². The molecule has 0 aliphatic carbocycles. The molecule has 1 aromatic rings. The molecule has 8 atom stereocenters. The number of nitrogens with zero attached hydrogens (tertiary/aromatic N) is 3. The number of carbonyl (C=O) groups excluding carboxylic acids is 5. The van der Waals surface area contributed by atoms with Crippen molar-refractivity contribution >= 4 is 29.3 Å². The third kappa shape index (κ3) is 17.4. The van der Waals surface area contributed by atoms with Gasteiger partial charge in [-0.2, -0.15) is 0 Å². The zero-order valence-electron chi connectivity index (χ0n) is 38.7. The molecule has 1 aliphatic rings. The van der Waals surface area contributed by atoms with E-state index in [1.54, 1.807) is 26.1 Å². The summed E-state index contributed by atoms with van der Waals surface area (Å²) >= 11 is 0. The van der Waals surface area contributed by atoms with Crippen LogP contribution in [0.4, 0.5) is 0 Å². The van der Waals surface area contributed by atoms with Crippen LogP contribution in [0.25, 0.3) is 0 Å². The monoisotopic (exact) mass is 863 g/mol. The molecule has 0 aromatic heterocycles. The molecule has 1 aliphatic heterocycles. The second-order valence-corrected chi connectivity index (χ2v) is 17.2. The zero-order chi connectivity index (χ0) is 45.6. The van der Waals surface area contributed by atoms with E-state index in [0.717, 1.165) is 12.0 Å². The quantitative estimate of drug-likeness (QED) is 0.103. The van der Waals surface area contributed by atoms with E-state index in [2.05, 4.69) is 0 Å². The summed E-state index contributed by atoms with van der Waals surface area (Å²) in [7, 11) is 6.33. The molecule has 348 valence electrons. The van der Waals surface area contributed by atoms with Gasteiger partial charge in [-0.3, -0.25) is 24.0 Å². The molecule has 3 amide bonds. The molecule has 1 aromatic carbocycles. The molecule has 2 unspecified atom stereocenters. The highest BCUT2D eigenvalue weighted by Crippen LogP contribution is 2.31. The largest absolute Gasteiger partial charge is 0.388 e. The zero-order valence-corrected chi connectivity index (χ0v) is 38.7. The number of Topliss-reactive ketones (excluding diaryl/α,β-unsaturated/α-hetero) is 2. The Hall–Kier alpha value is -3.31. The van der Waals surface area contributed by atoms with E-state index < -0.39 is 36.2 Å². The normalized spacial score (nSPS) is 17.7. The van der Waals surface area contributed by atoms with E-state index in [9.17, 15) is 29.1 Å². The predicted molar refractivity (Wildman–Crippen MR) is 233 cm³/mol. The molecule has 1 saturated heterocycles. The molecule has 0 spiro atoms. The lowest BCUT2D eigenvalue weighted by atomic mass is 9.85. The Balaban J connectivity index is 1.99. The molecule has 3 N–H and O–H groups in total. The van der Waals surface area contributed by atoms with Gasteiger partial charge in [0.25, 0.3) is 0 Å². The first-order valence-corrected chi connectivity index (χ1v) is 22.1. The topological polar surface area (TPSA) is 187 Å². The summed E-state index contributed by atoms with van der Waals surface area (Å²) in [5.41, 5.74) is 6.15. The highest BCUT2D eigenvalue weighted by Gasteiger charge is 2.41. The summed E-state index contributed by atoms with van der Waals surface area (Å²) in [6.07, 6.45) is -0.268. The Morgan fingerprint density at radius 2 is 1.41 bits per heavy atom. The Labute approximate surface area is 365 Å². The van der Waals surface area contributed by atoms with Crippen molar-refractivity contribution in [2.24, 2.45) is 35.3 Å². The van der Waals surface area contributed by atoms with Gasteiger partial charge < -0.3 is 49.2 Å². The molecule has 0 radical (unpaired) electrons. The smallest absolute Gasteiger partial charge is 0.226 e. The van der Waals surface area contributed by atoms with Crippen LogP contribution < -0.4 is 5.73 Å². The minimum Gasteiger partial charge on any atom is -0.388 e. The summed E-state index contributed by atoms with van der Waals surface area (Å²) in [4.78, 5) is 73.2. The number of likely N-dealkylation sites (tertiary alicyclic amines) is 1. The second kappa shape index (κ2) is 28.4. The van der Waals surface area contributed by atoms with Crippen molar-refractivity contribution in [3.63, 3.8) is 0 Å². The Morgan fingerprint density at radius 3 is 1.97 bits per heavy atom. The standard InChI is InChI=1S/C46H78N4O11/c1-31(2)37(29-40(52)43(32(3)4)49(8)41(53)18-21-59-23-25-61-26-24-60-22-19-47)46(56)48(7)30-36(57-9)28-42(54)50-20-14-17-38(50)45(58-10)34(6)39(51)27-33(5)44(55)35-15-12-11-13-16-35/h11-13,15-16,31-34,36-38,43-45,55H,14,17-30,47H2,1-10H3/t33-,34-,36?,37-,38-,43-,44+,45?/m0/s1. The fourth-order valence-corrected chi connectivity index (χ4v) is 8.22. The maximum Gasteiger partial charge on any atom is 0.226 e. The summed E-state index contributed by atoms with van der Waals surface area (Å²) in [5, 5.41) is 10.9. The molecule has 61 heavy (non-hydrogen) atoms. The maximum absolute atomic E-state index is 14.0. The average molecular weight is 863 g/mol. The first-order chi connectivity index (χ1) is 29.0. The third-order valence-corrected chi connectivity index (χ3v) is 11.8. The molecule has 15 heteroatoms. The van der Waals surface area contributed by atoms with Crippen LogP contribution in [0.1, 0.15) is 91.7 Å². The summed E-state index contributed by atoms with van der Waals surface area (Å²) in [6, 6.07) is 8.24. The van der Waals surface area contributed by atoms with Crippen molar-refractivity contribution in [3.8, 4) is 0 Å². The van der Waals surface area contributed by atoms with Gasteiger partial charge in [0, 0.05) is 72.6 Å². The summed E-state index contributed by atoms with van der Waals surface area (Å²) in [6.45, 7) is 14.6. The number of ketones is 2. The van der Waals surface area contributed by atoms with E-state index in [1.807, 2.05) is 71.9 Å². The van der Waals surface area contributed by atoms with Gasteiger partial charge in [-0.1, -0.05) is 71.9 Å². The lowest BCUT2D eigenvalue weighted by Crippen LogP contribution is -2.49. The molecule has 0 bridgehead atoms. The number of benzene rings is 1. The van der Waals surface area contributed by atoms with Gasteiger partial charge in [-0.15, -0.1) is 0 Å². The minimum atomic E-state index is -0.781. The number of aliphatic hydroxyl groups is 1. The van der Waals surface area contributed by atoms with Gasteiger partial charge in [-0.05, 0) is 36.2 Å². The second-order valence-electron chi connectivity index (χ2n) is 17.2. The van der Waals surface area contributed by atoms with Crippen molar-refractivity contribution < 1.29 is 52.8 Å². The number of likely N-dealkylation sites (N-methyl/N-ethyl adjacent to an activating group) is 2. The Morgan fingerprint density at radius 1 is 0.803 bits per heavy atom. The first-order valence-electron chi connectivity index (χ1n) is 22.1. The Bertz CT molecular complexity index is 1460. The highest BCUT2D eigenvalue weighted by molar-refractivity contribution is 5.92. The van der Waals surface area contributed by atoms with E-state index >= 15 is 0 Å². The number of rotatable bonds is 31. The van der Waals surface area contributed by atoms with Crippen LogP contribution in [0.15, 0.2) is 30.3 Å². The van der Waals surface area contributed by atoms with Crippen molar-refractivity contribution in [2.75, 3.05) is 87.6 Å². The summed E-state index contributed by atoms with van der Waals surface area (Å²) < 4.78 is 27.9. The number of hydrogen-bond acceptors (Lipinski definition) is 12. The molecule has 2 rings (SSSR count). The SMILES string of the molecule is COC(CC(=O)N1CCC[C@H]1C(OC)[C@@H](C)C(=O)C[C@H](C)[C@@H](O)c1ccccc1)CN(C)C(=O)[C@@H](CC(=O)[C@H](C(C)C)N(C)C(=O)CCOCCOCCOCCN)C(C)C. The van der Waals surface area contributed by atoms with Crippen molar-refractivity contribution in [1.29, 1.82) is 0 Å². The number of hydrogen-bond donors (Lipinski definition) is 2. The molecular weight excluding hydrogens is 785 g/mol. The number of aliphatic hydroxyl groups excluding tert-OH is 1. The lowest BCUT2D eigenvalue weighted by Gasteiger charge is -2.35. The highest BCUT2D eigenvalue weighted by atomic mass is 16.5. The van der Waals surface area contributed by atoms with E-state index in [-0.39, 0.29) is 91.9 Å². The Kier molecular flexibility index (Phi) is 25.1. The van der Waals surface area contributed by atoms with Gasteiger partial charge >= 0.3 is 0 Å². The molecular formula is C46H78N4O11. The minimum absolute atomic E-state index is 0.0121. The fourth-order valence-electron chi connectivity index (χ4n) is 8.22. The van der Waals surface area contributed by atoms with Crippen LogP contribution in [-0.2, 0) is 47.7 Å². The lowest BCUT2D eigenvalue weighted by molar-refractivity contribution is -0.145. The number of nitrogens with two attached hydrogens (primary N) is 1. The van der Waals surface area contributed by atoms with Crippen molar-refractivity contribution in [2.45, 2.75) is 110 Å². The van der Waals surface area contributed by atoms with Gasteiger partial charge in [0.2, 0.25) is 17.7 Å². The van der Waals surface area contributed by atoms with Gasteiger partial charge in [0.1, 0.15) is 5.78 Å². The van der Waals surface area contributed by atoms with Gasteiger partial charge in [0.15, 0.2) is 5.78 Å². The number of methoxy groups -OCH3 is 2. The van der Waals surface area contributed by atoms with Gasteiger partial charge in [0.05, 0.1) is 82.9 Å². The van der Waals surface area contributed by atoms with E-state index in [1.165, 1.54) is 16.9 Å². The first kappa shape index (κ1) is 53.8. The van der Waals surface area contributed by atoms with Gasteiger partial charge in [-0.25, -0.2) is 0 Å². The maximum atomic E-state index is 14.0. The van der Waals surface area contributed by atoms with Crippen LogP contribution in [0.3, 0.4) is 0 Å². The van der Waals surface area contributed by atoms with Crippen molar-refractivity contribution in [1.82, 2.24) is 14.7 Å². The molecule has 15 nitrogen and oxygen atoms in total. The van der Waals surface area contributed by atoms with Crippen LogP contribution in [0.2, 0.25) is 0 Å². The number of carbonyl (C=O) groups is 5. The third-order valence-electron chi connectivity index (χ3n) is 11.8. The molecule has 1 heterocycles. The number of amides is 3. The average Bonchev–Trinajstić information content (AvgIpc) is 3.72. The fraction of sp³-hybridized carbons (Fsp3) is 0.761. The van der Waals surface area contributed by atoms with Crippen LogP contribution in [0.5, 0.6) is 0 Å². The van der Waals surface area contributed by atoms with Crippen LogP contribution in [0, 0.1) is 29.6 Å².